The van der Waals surface area contributed by atoms with Crippen molar-refractivity contribution in [3.05, 3.63) is 65.2 Å². The lowest BCUT2D eigenvalue weighted by molar-refractivity contribution is 0.0951. The maximum absolute atomic E-state index is 12.1. The Labute approximate surface area is 141 Å². The van der Waals surface area contributed by atoms with E-state index >= 15 is 0 Å². The zero-order valence-electron chi connectivity index (χ0n) is 13.4. The van der Waals surface area contributed by atoms with Gasteiger partial charge in [-0.05, 0) is 35.4 Å². The van der Waals surface area contributed by atoms with Gasteiger partial charge in [-0.3, -0.25) is 4.79 Å². The second-order valence-corrected chi connectivity index (χ2v) is 7.15. The van der Waals surface area contributed by atoms with Crippen molar-refractivity contribution in [1.29, 1.82) is 0 Å². The number of sulfone groups is 1. The van der Waals surface area contributed by atoms with Crippen LogP contribution < -0.4 is 5.32 Å². The molecule has 7 heteroatoms. The topological polar surface area (TPSA) is 84.8 Å². The standard InChI is InChI=1S/C17H18N2O4S/c1-23-19-12-14-3-7-15(8-4-14)17(20)18-11-13-5-9-16(10-6-13)24(2,21)22/h3-10,12H,11H2,1-2H3,(H,18,20). The van der Waals surface area contributed by atoms with Gasteiger partial charge in [0.15, 0.2) is 9.84 Å². The van der Waals surface area contributed by atoms with Gasteiger partial charge in [0.1, 0.15) is 7.11 Å². The molecule has 0 aliphatic rings. The molecule has 0 fully saturated rings. The van der Waals surface area contributed by atoms with E-state index < -0.39 is 9.84 Å². The molecule has 2 aromatic carbocycles. The summed E-state index contributed by atoms with van der Waals surface area (Å²) in [5, 5.41) is 6.44. The Balaban J connectivity index is 1.96. The predicted octanol–water partition coefficient (Wildman–Crippen LogP) is 2.00. The van der Waals surface area contributed by atoms with Crippen LogP contribution in [0.2, 0.25) is 0 Å². The Morgan fingerprint density at radius 3 is 2.29 bits per heavy atom. The van der Waals surface area contributed by atoms with Gasteiger partial charge in [-0.15, -0.1) is 0 Å². The summed E-state index contributed by atoms with van der Waals surface area (Å²) in [5.41, 5.74) is 2.17. The molecule has 2 rings (SSSR count). The number of amides is 1. The predicted molar refractivity (Wildman–Crippen MR) is 91.8 cm³/mol. The number of hydrogen-bond acceptors (Lipinski definition) is 5. The van der Waals surface area contributed by atoms with Crippen molar-refractivity contribution in [2.45, 2.75) is 11.4 Å². The van der Waals surface area contributed by atoms with Crippen LogP contribution in [-0.2, 0) is 21.2 Å². The summed E-state index contributed by atoms with van der Waals surface area (Å²) in [6.45, 7) is 0.315. The monoisotopic (exact) mass is 346 g/mol. The molecule has 1 amide bonds. The first-order valence-corrected chi connectivity index (χ1v) is 9.03. The van der Waals surface area contributed by atoms with Crippen LogP contribution in [0.4, 0.5) is 0 Å². The molecule has 0 aliphatic carbocycles. The van der Waals surface area contributed by atoms with Gasteiger partial charge in [-0.25, -0.2) is 8.42 Å². The number of nitrogens with one attached hydrogen (secondary N) is 1. The number of nitrogens with zero attached hydrogens (tertiary/aromatic N) is 1. The molecule has 2 aromatic rings. The fourth-order valence-corrected chi connectivity index (χ4v) is 2.60. The average Bonchev–Trinajstić information content (AvgIpc) is 2.58. The summed E-state index contributed by atoms with van der Waals surface area (Å²) in [5.74, 6) is -0.211. The van der Waals surface area contributed by atoms with Crippen LogP contribution in [0.3, 0.4) is 0 Å². The van der Waals surface area contributed by atoms with Gasteiger partial charge < -0.3 is 10.2 Å². The fraction of sp³-hybridized carbons (Fsp3) is 0.176. The van der Waals surface area contributed by atoms with Gasteiger partial charge in [-0.2, -0.15) is 0 Å². The van der Waals surface area contributed by atoms with Crippen LogP contribution in [0.25, 0.3) is 0 Å². The molecule has 6 nitrogen and oxygen atoms in total. The van der Waals surface area contributed by atoms with Crippen molar-refractivity contribution >= 4 is 22.0 Å². The van der Waals surface area contributed by atoms with E-state index in [1.165, 1.54) is 19.2 Å². The Kier molecular flexibility index (Phi) is 5.70. The van der Waals surface area contributed by atoms with E-state index in [1.807, 2.05) is 0 Å². The van der Waals surface area contributed by atoms with E-state index in [0.29, 0.717) is 12.1 Å². The van der Waals surface area contributed by atoms with E-state index in [1.54, 1.807) is 42.6 Å². The molecule has 1 N–H and O–H groups in total. The SMILES string of the molecule is CON=Cc1ccc(C(=O)NCc2ccc(S(C)(=O)=O)cc2)cc1. The molecule has 0 aromatic heterocycles. The van der Waals surface area contributed by atoms with Gasteiger partial charge in [0.2, 0.25) is 0 Å². The largest absolute Gasteiger partial charge is 0.399 e. The second kappa shape index (κ2) is 7.74. The number of benzene rings is 2. The Morgan fingerprint density at radius 2 is 1.75 bits per heavy atom. The molecule has 0 aliphatic heterocycles. The summed E-state index contributed by atoms with van der Waals surface area (Å²) in [4.78, 5) is 17.0. The highest BCUT2D eigenvalue weighted by Crippen LogP contribution is 2.10. The first-order chi connectivity index (χ1) is 11.4. The molecule has 0 unspecified atom stereocenters. The number of carbonyl (C=O) groups is 1. The molecular formula is C17H18N2O4S. The van der Waals surface area contributed by atoms with Crippen LogP contribution >= 0.6 is 0 Å². The summed E-state index contributed by atoms with van der Waals surface area (Å²) < 4.78 is 22.8. The van der Waals surface area contributed by atoms with Crippen molar-refractivity contribution in [3.63, 3.8) is 0 Å². The molecular weight excluding hydrogens is 328 g/mol. The molecule has 126 valence electrons. The van der Waals surface area contributed by atoms with Gasteiger partial charge in [-0.1, -0.05) is 29.4 Å². The first-order valence-electron chi connectivity index (χ1n) is 7.14. The average molecular weight is 346 g/mol. The third kappa shape index (κ3) is 4.92. The lowest BCUT2D eigenvalue weighted by Crippen LogP contribution is -2.22. The fourth-order valence-electron chi connectivity index (χ4n) is 1.97. The van der Waals surface area contributed by atoms with E-state index in [-0.39, 0.29) is 10.8 Å². The van der Waals surface area contributed by atoms with Gasteiger partial charge >= 0.3 is 0 Å². The minimum absolute atomic E-state index is 0.211. The van der Waals surface area contributed by atoms with Crippen molar-refractivity contribution in [3.8, 4) is 0 Å². The number of hydrogen-bond donors (Lipinski definition) is 1. The molecule has 0 saturated carbocycles. The van der Waals surface area contributed by atoms with Crippen LogP contribution in [0.5, 0.6) is 0 Å². The van der Waals surface area contributed by atoms with Crippen molar-refractivity contribution < 1.29 is 18.0 Å². The molecule has 0 saturated heterocycles. The van der Waals surface area contributed by atoms with Gasteiger partial charge in [0.25, 0.3) is 5.91 Å². The normalized spacial score (nSPS) is 11.4. The third-order valence-electron chi connectivity index (χ3n) is 3.28. The number of rotatable bonds is 6. The molecule has 24 heavy (non-hydrogen) atoms. The number of carbonyl (C=O) groups excluding carboxylic acids is 1. The minimum atomic E-state index is -3.21. The van der Waals surface area contributed by atoms with Crippen LogP contribution in [0, 0.1) is 0 Å². The highest BCUT2D eigenvalue weighted by Gasteiger charge is 2.08. The molecule has 0 atom stereocenters. The van der Waals surface area contributed by atoms with Gasteiger partial charge in [0.05, 0.1) is 11.1 Å². The summed E-state index contributed by atoms with van der Waals surface area (Å²) in [6, 6.07) is 13.3. The highest BCUT2D eigenvalue weighted by atomic mass is 32.2. The Hall–Kier alpha value is -2.67. The van der Waals surface area contributed by atoms with Crippen molar-refractivity contribution in [2.75, 3.05) is 13.4 Å². The van der Waals surface area contributed by atoms with E-state index in [0.717, 1.165) is 17.4 Å². The van der Waals surface area contributed by atoms with Crippen LogP contribution in [0.1, 0.15) is 21.5 Å². The zero-order valence-corrected chi connectivity index (χ0v) is 14.2. The van der Waals surface area contributed by atoms with E-state index in [2.05, 4.69) is 15.3 Å². The van der Waals surface area contributed by atoms with Crippen molar-refractivity contribution in [2.24, 2.45) is 5.16 Å². The van der Waals surface area contributed by atoms with Gasteiger partial charge in [0, 0.05) is 18.4 Å². The summed E-state index contributed by atoms with van der Waals surface area (Å²) in [6.07, 6.45) is 2.70. The van der Waals surface area contributed by atoms with Crippen molar-refractivity contribution in [1.82, 2.24) is 5.32 Å². The van der Waals surface area contributed by atoms with Crippen LogP contribution in [0.15, 0.2) is 58.6 Å². The molecule has 0 spiro atoms. The molecule has 0 heterocycles. The second-order valence-electron chi connectivity index (χ2n) is 5.14. The van der Waals surface area contributed by atoms with E-state index in [4.69, 9.17) is 0 Å². The lowest BCUT2D eigenvalue weighted by Gasteiger charge is -2.06. The molecule has 0 bridgehead atoms. The highest BCUT2D eigenvalue weighted by molar-refractivity contribution is 7.90. The Morgan fingerprint density at radius 1 is 1.12 bits per heavy atom. The van der Waals surface area contributed by atoms with E-state index in [9.17, 15) is 13.2 Å². The summed E-state index contributed by atoms with van der Waals surface area (Å²) in [7, 11) is -1.75. The van der Waals surface area contributed by atoms with Crippen LogP contribution in [-0.4, -0.2) is 33.9 Å². The molecule has 0 radical (unpaired) electrons. The lowest BCUT2D eigenvalue weighted by atomic mass is 10.1. The Bertz CT molecular complexity index is 826. The zero-order chi connectivity index (χ0) is 17.6. The maximum Gasteiger partial charge on any atom is 0.251 e. The third-order valence-corrected chi connectivity index (χ3v) is 4.41. The minimum Gasteiger partial charge on any atom is -0.399 e. The quantitative estimate of drug-likeness (QED) is 0.640. The smallest absolute Gasteiger partial charge is 0.251 e. The first kappa shape index (κ1) is 17.7. The number of oxime groups is 1. The summed E-state index contributed by atoms with van der Waals surface area (Å²) >= 11 is 0. The maximum atomic E-state index is 12.1.